The fourth-order valence-electron chi connectivity index (χ4n) is 5.29. The van der Waals surface area contributed by atoms with E-state index < -0.39 is 11.9 Å². The highest BCUT2D eigenvalue weighted by Gasteiger charge is 2.31. The first-order valence-electron chi connectivity index (χ1n) is 14.3. The van der Waals surface area contributed by atoms with Gasteiger partial charge in [-0.15, -0.1) is 0 Å². The van der Waals surface area contributed by atoms with E-state index >= 15 is 0 Å². The Labute approximate surface area is 264 Å². The zero-order chi connectivity index (χ0) is 31.2. The lowest BCUT2D eigenvalue weighted by molar-refractivity contribution is -0.146. The van der Waals surface area contributed by atoms with Gasteiger partial charge in [0.25, 0.3) is 0 Å². The number of fused-ring (bicyclic) bond motifs is 1. The van der Waals surface area contributed by atoms with Crippen LogP contribution in [0.2, 0.25) is 0 Å². The summed E-state index contributed by atoms with van der Waals surface area (Å²) >= 11 is 3.47. The van der Waals surface area contributed by atoms with Crippen LogP contribution in [0.25, 0.3) is 10.9 Å². The molecule has 44 heavy (non-hydrogen) atoms. The molecule has 1 atom stereocenters. The number of carbonyl (C=O) groups is 4. The molecule has 228 valence electrons. The summed E-state index contributed by atoms with van der Waals surface area (Å²) in [4.78, 5) is 60.5. The number of benzene rings is 3. The average molecular weight is 661 g/mol. The summed E-state index contributed by atoms with van der Waals surface area (Å²) in [5.41, 5.74) is 3.33. The number of hydrogen-bond donors (Lipinski definition) is 2. The molecular weight excluding hydrogens is 626 g/mol. The molecule has 2 heterocycles. The molecule has 11 heteroatoms. The standard InChI is InChI=1S/C33H34BrN5O5/c1-37(25-9-11-26(44-2)12-10-25)33(43)29(16-22-6-4-3-5-7-22)36-30(40)20-38-14-15-39(21-32(38)42)31(41)17-23-19-35-28-13-8-24(34)18-27(23)28/h3-13,18-19,29,35H,14-17,20-21H2,1-2H3,(H,36,40)/t29-/m0/s1. The van der Waals surface area contributed by atoms with E-state index in [9.17, 15) is 19.2 Å². The normalized spacial score (nSPS) is 13.9. The van der Waals surface area contributed by atoms with Crippen molar-refractivity contribution < 1.29 is 23.9 Å². The first kappa shape index (κ1) is 30.8. The van der Waals surface area contributed by atoms with Crippen molar-refractivity contribution in [1.29, 1.82) is 0 Å². The molecular formula is C33H34BrN5O5. The SMILES string of the molecule is COc1ccc(N(C)C(=O)[C@H](Cc2ccccc2)NC(=O)CN2CCN(C(=O)Cc3c[nH]c4ccc(Br)cc34)CC2=O)cc1. The molecule has 10 nitrogen and oxygen atoms in total. The van der Waals surface area contributed by atoms with Crippen molar-refractivity contribution in [2.75, 3.05) is 45.2 Å². The average Bonchev–Trinajstić information content (AvgIpc) is 3.42. The van der Waals surface area contributed by atoms with Crippen LogP contribution in [0.3, 0.4) is 0 Å². The summed E-state index contributed by atoms with van der Waals surface area (Å²) in [6.07, 6.45) is 2.26. The molecule has 1 fully saturated rings. The molecule has 0 bridgehead atoms. The zero-order valence-corrected chi connectivity index (χ0v) is 26.2. The van der Waals surface area contributed by atoms with Gasteiger partial charge in [0, 0.05) is 53.8 Å². The molecule has 2 N–H and O–H groups in total. The maximum Gasteiger partial charge on any atom is 0.249 e. The number of H-pyrrole nitrogens is 1. The Kier molecular flexibility index (Phi) is 9.64. The van der Waals surface area contributed by atoms with Crippen LogP contribution in [0.5, 0.6) is 5.75 Å². The second-order valence-corrected chi connectivity index (χ2v) is 11.6. The van der Waals surface area contributed by atoms with E-state index in [2.05, 4.69) is 26.2 Å². The molecule has 5 rings (SSSR count). The summed E-state index contributed by atoms with van der Waals surface area (Å²) in [6.45, 7) is 0.226. The van der Waals surface area contributed by atoms with E-state index in [1.54, 1.807) is 38.4 Å². The molecule has 0 unspecified atom stereocenters. The van der Waals surface area contributed by atoms with Crippen molar-refractivity contribution in [3.8, 4) is 5.75 Å². The van der Waals surface area contributed by atoms with Crippen LogP contribution in [0.1, 0.15) is 11.1 Å². The number of methoxy groups -OCH3 is 1. The van der Waals surface area contributed by atoms with Crippen molar-refractivity contribution in [2.24, 2.45) is 0 Å². The summed E-state index contributed by atoms with van der Waals surface area (Å²) in [5, 5.41) is 3.81. The molecule has 1 aromatic heterocycles. The number of halogens is 1. The first-order chi connectivity index (χ1) is 21.2. The van der Waals surface area contributed by atoms with Gasteiger partial charge in [-0.25, -0.2) is 0 Å². The maximum absolute atomic E-state index is 13.6. The third-order valence-corrected chi connectivity index (χ3v) is 8.28. The van der Waals surface area contributed by atoms with Gasteiger partial charge in [0.1, 0.15) is 11.8 Å². The number of anilines is 1. The fourth-order valence-corrected chi connectivity index (χ4v) is 5.65. The van der Waals surface area contributed by atoms with E-state index in [-0.39, 0.29) is 50.2 Å². The molecule has 1 aliphatic rings. The molecule has 3 aromatic carbocycles. The number of amides is 4. The van der Waals surface area contributed by atoms with Crippen molar-refractivity contribution in [2.45, 2.75) is 18.9 Å². The monoisotopic (exact) mass is 659 g/mol. The Morgan fingerprint density at radius 2 is 1.80 bits per heavy atom. The van der Waals surface area contributed by atoms with Crippen LogP contribution in [-0.2, 0) is 32.0 Å². The van der Waals surface area contributed by atoms with Crippen LogP contribution < -0.4 is 15.0 Å². The highest BCUT2D eigenvalue weighted by atomic mass is 79.9. The smallest absolute Gasteiger partial charge is 0.249 e. The predicted molar refractivity (Wildman–Crippen MR) is 171 cm³/mol. The minimum atomic E-state index is -0.855. The third kappa shape index (κ3) is 7.28. The molecule has 0 saturated carbocycles. The number of piperazine rings is 1. The Morgan fingerprint density at radius 1 is 1.05 bits per heavy atom. The molecule has 0 radical (unpaired) electrons. The quantitative estimate of drug-likeness (QED) is 0.270. The number of nitrogens with one attached hydrogen (secondary N) is 2. The highest BCUT2D eigenvalue weighted by molar-refractivity contribution is 9.10. The number of hydrogen-bond acceptors (Lipinski definition) is 5. The van der Waals surface area contributed by atoms with Crippen molar-refractivity contribution in [1.82, 2.24) is 20.1 Å². The number of carbonyl (C=O) groups excluding carboxylic acids is 4. The Hall–Kier alpha value is -4.64. The Bertz CT molecular complexity index is 1660. The van der Waals surface area contributed by atoms with Crippen LogP contribution >= 0.6 is 15.9 Å². The number of ether oxygens (including phenoxy) is 1. The number of rotatable bonds is 10. The topological polar surface area (TPSA) is 115 Å². The fraction of sp³-hybridized carbons (Fsp3) is 0.273. The van der Waals surface area contributed by atoms with Gasteiger partial charge in [-0.3, -0.25) is 19.2 Å². The van der Waals surface area contributed by atoms with Crippen molar-refractivity contribution in [3.05, 3.63) is 94.6 Å². The van der Waals surface area contributed by atoms with Gasteiger partial charge in [-0.05, 0) is 53.6 Å². The van der Waals surface area contributed by atoms with Gasteiger partial charge in [0.15, 0.2) is 0 Å². The van der Waals surface area contributed by atoms with Gasteiger partial charge >= 0.3 is 0 Å². The van der Waals surface area contributed by atoms with Crippen LogP contribution in [0, 0.1) is 0 Å². The lowest BCUT2D eigenvalue weighted by atomic mass is 10.0. The summed E-state index contributed by atoms with van der Waals surface area (Å²) in [5.74, 6) is -0.541. The summed E-state index contributed by atoms with van der Waals surface area (Å²) in [7, 11) is 3.23. The minimum Gasteiger partial charge on any atom is -0.497 e. The van der Waals surface area contributed by atoms with E-state index in [0.29, 0.717) is 18.0 Å². The largest absolute Gasteiger partial charge is 0.497 e. The maximum atomic E-state index is 13.6. The van der Waals surface area contributed by atoms with Gasteiger partial charge in [-0.1, -0.05) is 46.3 Å². The van der Waals surface area contributed by atoms with Crippen LogP contribution in [0.4, 0.5) is 5.69 Å². The molecule has 4 amide bonds. The number of aromatic amines is 1. The summed E-state index contributed by atoms with van der Waals surface area (Å²) in [6, 6.07) is 21.5. The van der Waals surface area contributed by atoms with Gasteiger partial charge in [0.05, 0.1) is 26.6 Å². The molecule has 0 aliphatic carbocycles. The molecule has 0 spiro atoms. The number of aromatic nitrogens is 1. The Morgan fingerprint density at radius 3 is 2.50 bits per heavy atom. The van der Waals surface area contributed by atoms with E-state index in [4.69, 9.17) is 4.74 Å². The molecule has 1 aliphatic heterocycles. The second kappa shape index (κ2) is 13.8. The minimum absolute atomic E-state index is 0.106. The Balaban J connectivity index is 1.20. The molecule has 1 saturated heterocycles. The van der Waals surface area contributed by atoms with Crippen LogP contribution in [0.15, 0.2) is 83.5 Å². The van der Waals surface area contributed by atoms with Gasteiger partial charge in [0.2, 0.25) is 23.6 Å². The van der Waals surface area contributed by atoms with E-state index in [0.717, 1.165) is 26.5 Å². The first-order valence-corrected chi connectivity index (χ1v) is 15.1. The lowest BCUT2D eigenvalue weighted by Gasteiger charge is -2.34. The number of likely N-dealkylation sites (N-methyl/N-ethyl adjacent to an activating group) is 1. The second-order valence-electron chi connectivity index (χ2n) is 10.7. The van der Waals surface area contributed by atoms with E-state index in [1.807, 2.05) is 54.7 Å². The van der Waals surface area contributed by atoms with Gasteiger partial charge < -0.3 is 29.7 Å². The molecule has 4 aromatic rings. The third-order valence-electron chi connectivity index (χ3n) is 7.78. The number of nitrogens with zero attached hydrogens (tertiary/aromatic N) is 3. The predicted octanol–water partition coefficient (Wildman–Crippen LogP) is 3.54. The zero-order valence-electron chi connectivity index (χ0n) is 24.6. The van der Waals surface area contributed by atoms with Crippen molar-refractivity contribution >= 4 is 56.1 Å². The lowest BCUT2D eigenvalue weighted by Crippen LogP contribution is -2.56. The van der Waals surface area contributed by atoms with Crippen LogP contribution in [-0.4, -0.2) is 84.8 Å². The van der Waals surface area contributed by atoms with E-state index in [1.165, 1.54) is 14.7 Å². The van der Waals surface area contributed by atoms with Gasteiger partial charge in [-0.2, -0.15) is 0 Å². The highest BCUT2D eigenvalue weighted by Crippen LogP contribution is 2.24. The van der Waals surface area contributed by atoms with Crippen molar-refractivity contribution in [3.63, 3.8) is 0 Å². The summed E-state index contributed by atoms with van der Waals surface area (Å²) < 4.78 is 6.13.